The van der Waals surface area contributed by atoms with Crippen LogP contribution in [0.5, 0.6) is 0 Å². The molecule has 224 valence electrons. The number of rotatable bonds is 6. The second-order valence-corrected chi connectivity index (χ2v) is 13.9. The van der Waals surface area contributed by atoms with Crippen LogP contribution >= 0.6 is 11.3 Å². The summed E-state index contributed by atoms with van der Waals surface area (Å²) in [4.78, 5) is 49.8. The molecule has 2 fully saturated rings. The lowest BCUT2D eigenvalue weighted by Crippen LogP contribution is -2.39. The first-order chi connectivity index (χ1) is 21.4. The largest absolute Gasteiger partial charge is 0.354 e. The Hall–Kier alpha value is -4.35. The standard InChI is InChI=1S/C33H31N5O4S2/c39-31(26-5-3-14-34-30(26)37-16-18-44(42)19-17-37)35-23-9-7-21(8-10-23)33(41)38-15-13-22-20-28(32(40)36-24-11-12-24)43-29(22)25-4-1-2-6-27(25)38/h1-10,14,20,24H,11-13,15-19H2,(H,35,39)(H,36,40). The smallest absolute Gasteiger partial charge is 0.261 e. The molecule has 0 unspecified atom stereocenters. The molecule has 4 heterocycles. The molecule has 0 spiro atoms. The zero-order valence-corrected chi connectivity index (χ0v) is 25.6. The molecule has 3 aliphatic rings. The minimum absolute atomic E-state index is 0.0212. The summed E-state index contributed by atoms with van der Waals surface area (Å²) >= 11 is 1.48. The topological polar surface area (TPSA) is 112 Å². The fraction of sp³-hybridized carbons (Fsp3) is 0.273. The quantitative estimate of drug-likeness (QED) is 0.321. The molecule has 11 heteroatoms. The van der Waals surface area contributed by atoms with E-state index in [-0.39, 0.29) is 17.7 Å². The summed E-state index contributed by atoms with van der Waals surface area (Å²) in [6.45, 7) is 1.66. The summed E-state index contributed by atoms with van der Waals surface area (Å²) < 4.78 is 11.8. The van der Waals surface area contributed by atoms with Crippen LogP contribution in [0.4, 0.5) is 17.2 Å². The molecule has 7 rings (SSSR count). The lowest BCUT2D eigenvalue weighted by Gasteiger charge is -2.28. The number of amides is 3. The zero-order valence-electron chi connectivity index (χ0n) is 24.0. The molecule has 9 nitrogen and oxygen atoms in total. The second-order valence-electron chi connectivity index (χ2n) is 11.2. The summed E-state index contributed by atoms with van der Waals surface area (Å²) in [6.07, 6.45) is 4.37. The molecular weight excluding hydrogens is 595 g/mol. The highest BCUT2D eigenvalue weighted by Gasteiger charge is 2.29. The highest BCUT2D eigenvalue weighted by molar-refractivity contribution is 7.85. The lowest BCUT2D eigenvalue weighted by molar-refractivity contribution is 0.0952. The fourth-order valence-corrected chi connectivity index (χ4v) is 7.83. The number of carbonyl (C=O) groups is 3. The summed E-state index contributed by atoms with van der Waals surface area (Å²) in [6, 6.07) is 20.5. The highest BCUT2D eigenvalue weighted by atomic mass is 32.2. The van der Waals surface area contributed by atoms with Crippen LogP contribution in [0.25, 0.3) is 10.4 Å². The Kier molecular flexibility index (Phi) is 7.73. The van der Waals surface area contributed by atoms with Gasteiger partial charge in [-0.3, -0.25) is 18.6 Å². The van der Waals surface area contributed by atoms with E-state index in [1.807, 2.05) is 35.2 Å². The van der Waals surface area contributed by atoms with Crippen molar-refractivity contribution in [3.63, 3.8) is 0 Å². The van der Waals surface area contributed by atoms with Crippen molar-refractivity contribution in [3.8, 4) is 10.4 Å². The molecule has 2 aromatic carbocycles. The molecule has 0 radical (unpaired) electrons. The number of benzene rings is 2. The predicted octanol–water partition coefficient (Wildman–Crippen LogP) is 4.73. The van der Waals surface area contributed by atoms with E-state index in [2.05, 4.69) is 15.6 Å². The highest BCUT2D eigenvalue weighted by Crippen LogP contribution is 2.42. The van der Waals surface area contributed by atoms with Gasteiger partial charge in [-0.1, -0.05) is 18.2 Å². The van der Waals surface area contributed by atoms with E-state index >= 15 is 0 Å². The Bertz CT molecular complexity index is 1770. The van der Waals surface area contributed by atoms with E-state index in [0.717, 1.165) is 34.5 Å². The van der Waals surface area contributed by atoms with Gasteiger partial charge in [0.15, 0.2) is 0 Å². The van der Waals surface area contributed by atoms with Gasteiger partial charge < -0.3 is 20.4 Å². The van der Waals surface area contributed by atoms with Crippen molar-refractivity contribution >= 4 is 57.1 Å². The van der Waals surface area contributed by atoms with Gasteiger partial charge >= 0.3 is 0 Å². The van der Waals surface area contributed by atoms with Crippen molar-refractivity contribution < 1.29 is 18.6 Å². The average Bonchev–Trinajstić information content (AvgIpc) is 3.79. The number of thiophene rings is 1. The van der Waals surface area contributed by atoms with E-state index in [9.17, 15) is 18.6 Å². The maximum Gasteiger partial charge on any atom is 0.261 e. The number of anilines is 3. The van der Waals surface area contributed by atoms with Gasteiger partial charge in [-0.15, -0.1) is 11.3 Å². The third-order valence-corrected chi connectivity index (χ3v) is 10.6. The Morgan fingerprint density at radius 1 is 0.909 bits per heavy atom. The maximum atomic E-state index is 13.8. The number of hydrogen-bond acceptors (Lipinski definition) is 7. The van der Waals surface area contributed by atoms with E-state index in [4.69, 9.17) is 0 Å². The number of nitrogens with one attached hydrogen (secondary N) is 2. The second kappa shape index (κ2) is 12.0. The molecule has 1 saturated heterocycles. The van der Waals surface area contributed by atoms with Crippen LogP contribution in [-0.2, 0) is 17.2 Å². The van der Waals surface area contributed by atoms with Crippen molar-refractivity contribution in [1.82, 2.24) is 10.3 Å². The van der Waals surface area contributed by atoms with Gasteiger partial charge in [-0.05, 0) is 73.4 Å². The van der Waals surface area contributed by atoms with Crippen LogP contribution in [0.15, 0.2) is 72.9 Å². The van der Waals surface area contributed by atoms with Crippen LogP contribution in [0.1, 0.15) is 48.8 Å². The molecule has 1 aliphatic carbocycles. The van der Waals surface area contributed by atoms with Crippen molar-refractivity contribution in [1.29, 1.82) is 0 Å². The van der Waals surface area contributed by atoms with Crippen molar-refractivity contribution in [2.75, 3.05) is 46.3 Å². The molecule has 0 atom stereocenters. The first-order valence-electron chi connectivity index (χ1n) is 14.8. The molecule has 2 aromatic heterocycles. The Morgan fingerprint density at radius 2 is 1.68 bits per heavy atom. The maximum absolute atomic E-state index is 13.8. The molecule has 2 aliphatic heterocycles. The fourth-order valence-electron chi connectivity index (χ4n) is 5.63. The molecule has 1 saturated carbocycles. The van der Waals surface area contributed by atoms with Gasteiger partial charge in [0.25, 0.3) is 17.7 Å². The van der Waals surface area contributed by atoms with Crippen LogP contribution in [-0.4, -0.2) is 64.1 Å². The van der Waals surface area contributed by atoms with Crippen molar-refractivity contribution in [3.05, 3.63) is 94.5 Å². The molecular formula is C33H31N5O4S2. The molecule has 0 bridgehead atoms. The zero-order chi connectivity index (χ0) is 30.2. The normalized spacial score (nSPS) is 16.5. The first-order valence-corrected chi connectivity index (χ1v) is 17.1. The minimum atomic E-state index is -0.831. The van der Waals surface area contributed by atoms with E-state index in [0.29, 0.717) is 71.1 Å². The van der Waals surface area contributed by atoms with E-state index in [1.54, 1.807) is 47.5 Å². The Balaban J connectivity index is 1.08. The number of para-hydroxylation sites is 1. The average molecular weight is 626 g/mol. The molecule has 3 amide bonds. The van der Waals surface area contributed by atoms with Crippen molar-refractivity contribution in [2.45, 2.75) is 25.3 Å². The third-order valence-electron chi connectivity index (χ3n) is 8.13. The van der Waals surface area contributed by atoms with E-state index in [1.165, 1.54) is 11.3 Å². The summed E-state index contributed by atoms with van der Waals surface area (Å²) in [5, 5.41) is 6.01. The molecule has 44 heavy (non-hydrogen) atoms. The SMILES string of the molecule is O=C(NC1CC1)c1cc2c(s1)-c1ccccc1N(C(=O)c1ccc(NC(=O)c3cccnc3N3CCS(=O)CC3)cc1)CC2. The number of aromatic nitrogens is 1. The lowest BCUT2D eigenvalue weighted by atomic mass is 10.1. The van der Waals surface area contributed by atoms with Crippen LogP contribution in [0.3, 0.4) is 0 Å². The van der Waals surface area contributed by atoms with Crippen LogP contribution in [0, 0.1) is 0 Å². The third kappa shape index (κ3) is 5.77. The van der Waals surface area contributed by atoms with Gasteiger partial charge in [0.2, 0.25) is 0 Å². The minimum Gasteiger partial charge on any atom is -0.354 e. The predicted molar refractivity (Wildman–Crippen MR) is 174 cm³/mol. The number of nitrogens with zero attached hydrogens (tertiary/aromatic N) is 3. The Morgan fingerprint density at radius 3 is 2.45 bits per heavy atom. The number of fused-ring (bicyclic) bond motifs is 3. The van der Waals surface area contributed by atoms with Crippen LogP contribution in [0.2, 0.25) is 0 Å². The Labute approximate surface area is 261 Å². The first kappa shape index (κ1) is 28.4. The van der Waals surface area contributed by atoms with Crippen molar-refractivity contribution in [2.24, 2.45) is 0 Å². The molecule has 4 aromatic rings. The number of carbonyl (C=O) groups excluding carboxylic acids is 3. The number of hydrogen-bond donors (Lipinski definition) is 2. The summed E-state index contributed by atoms with van der Waals surface area (Å²) in [5.74, 6) is 1.25. The summed E-state index contributed by atoms with van der Waals surface area (Å²) in [7, 11) is -0.831. The molecule has 2 N–H and O–H groups in total. The van der Waals surface area contributed by atoms with Gasteiger partial charge in [-0.2, -0.15) is 0 Å². The van der Waals surface area contributed by atoms with Gasteiger partial charge in [0.1, 0.15) is 5.82 Å². The summed E-state index contributed by atoms with van der Waals surface area (Å²) in [5.41, 5.74) is 4.36. The van der Waals surface area contributed by atoms with Gasteiger partial charge in [0, 0.05) is 75.9 Å². The van der Waals surface area contributed by atoms with Gasteiger partial charge in [-0.25, -0.2) is 4.98 Å². The number of pyridine rings is 1. The monoisotopic (exact) mass is 625 g/mol. The van der Waals surface area contributed by atoms with Gasteiger partial charge in [0.05, 0.1) is 16.1 Å². The van der Waals surface area contributed by atoms with Crippen LogP contribution < -0.4 is 20.4 Å². The van der Waals surface area contributed by atoms with E-state index < -0.39 is 10.8 Å².